The zero-order valence-corrected chi connectivity index (χ0v) is 28.2. The van der Waals surface area contributed by atoms with Gasteiger partial charge in [-0.15, -0.1) is 0 Å². The summed E-state index contributed by atoms with van der Waals surface area (Å²) in [6.45, 7) is 5.02. The number of rotatable bonds is 12. The average Bonchev–Trinajstić information content (AvgIpc) is 3.50. The molecule has 0 heterocycles. The average molecular weight is 687 g/mol. The normalized spacial score (nSPS) is 14.1. The van der Waals surface area contributed by atoms with E-state index in [1.807, 2.05) is 44.2 Å². The highest BCUT2D eigenvalue weighted by Gasteiger charge is 2.34. The van der Waals surface area contributed by atoms with E-state index in [4.69, 9.17) is 9.47 Å². The van der Waals surface area contributed by atoms with Crippen molar-refractivity contribution in [1.29, 1.82) is 0 Å². The molecule has 0 spiro atoms. The molecule has 44 heavy (non-hydrogen) atoms. The standard InChI is InChI=1S/C33H40BrN3O6S/c1-22-15-23(2)17-28(16-22)37(44(40,41)29-13-14-30(42-4)31(19-29)43-5)21-32(38)36(20-25-9-8-10-26(34)18-25)24(3)33(39)35-27-11-6-7-12-27/h8-10,13-19,24,27H,6-7,11-12,20-21H2,1-5H3,(H,35,39)/t24-/m0/s1. The molecule has 1 aliphatic carbocycles. The van der Waals surface area contributed by atoms with Crippen molar-refractivity contribution in [2.75, 3.05) is 25.1 Å². The first-order valence-corrected chi connectivity index (χ1v) is 16.8. The van der Waals surface area contributed by atoms with Crippen LogP contribution in [0.5, 0.6) is 11.5 Å². The number of nitrogens with zero attached hydrogens (tertiary/aromatic N) is 2. The van der Waals surface area contributed by atoms with Crippen LogP contribution >= 0.6 is 15.9 Å². The molecule has 0 aliphatic heterocycles. The molecule has 1 atom stereocenters. The Morgan fingerprint density at radius 2 is 1.61 bits per heavy atom. The van der Waals surface area contributed by atoms with Gasteiger partial charge < -0.3 is 19.7 Å². The number of nitrogens with one attached hydrogen (secondary N) is 1. The molecular weight excluding hydrogens is 646 g/mol. The van der Waals surface area contributed by atoms with E-state index >= 15 is 0 Å². The molecule has 3 aromatic carbocycles. The lowest BCUT2D eigenvalue weighted by molar-refractivity contribution is -0.139. The first-order chi connectivity index (χ1) is 20.9. The number of hydrogen-bond acceptors (Lipinski definition) is 6. The Kier molecular flexibility index (Phi) is 11.0. The highest BCUT2D eigenvalue weighted by molar-refractivity contribution is 9.10. The lowest BCUT2D eigenvalue weighted by atomic mass is 10.1. The third kappa shape index (κ3) is 7.92. The van der Waals surface area contributed by atoms with Gasteiger partial charge in [0.05, 0.1) is 24.8 Å². The number of carbonyl (C=O) groups is 2. The third-order valence-corrected chi connectivity index (χ3v) is 10.1. The summed E-state index contributed by atoms with van der Waals surface area (Å²) in [6.07, 6.45) is 3.92. The van der Waals surface area contributed by atoms with Crippen molar-refractivity contribution in [2.45, 2.75) is 70.0 Å². The van der Waals surface area contributed by atoms with Crippen LogP contribution in [0, 0.1) is 13.8 Å². The summed E-state index contributed by atoms with van der Waals surface area (Å²) in [5.41, 5.74) is 2.83. The summed E-state index contributed by atoms with van der Waals surface area (Å²) in [5, 5.41) is 3.09. The van der Waals surface area contributed by atoms with Gasteiger partial charge in [0.15, 0.2) is 11.5 Å². The Morgan fingerprint density at radius 1 is 0.955 bits per heavy atom. The largest absolute Gasteiger partial charge is 0.493 e. The minimum atomic E-state index is -4.28. The Hall–Kier alpha value is -3.57. The number of aryl methyl sites for hydroxylation is 2. The Morgan fingerprint density at radius 3 is 2.23 bits per heavy atom. The molecule has 0 aromatic heterocycles. The van der Waals surface area contributed by atoms with Gasteiger partial charge in [0.2, 0.25) is 11.8 Å². The van der Waals surface area contributed by atoms with E-state index in [2.05, 4.69) is 21.2 Å². The van der Waals surface area contributed by atoms with Crippen LogP contribution in [0.2, 0.25) is 0 Å². The van der Waals surface area contributed by atoms with Gasteiger partial charge >= 0.3 is 0 Å². The number of ether oxygens (including phenoxy) is 2. The van der Waals surface area contributed by atoms with E-state index in [-0.39, 0.29) is 29.1 Å². The van der Waals surface area contributed by atoms with Gasteiger partial charge in [-0.1, -0.05) is 47.0 Å². The van der Waals surface area contributed by atoms with Gasteiger partial charge in [0.25, 0.3) is 10.0 Å². The van der Waals surface area contributed by atoms with Crippen LogP contribution in [-0.4, -0.2) is 58.0 Å². The number of amides is 2. The minimum absolute atomic E-state index is 0.0623. The van der Waals surface area contributed by atoms with Crippen molar-refractivity contribution in [3.8, 4) is 11.5 Å². The van der Waals surface area contributed by atoms with Crippen LogP contribution in [0.3, 0.4) is 0 Å². The second kappa shape index (κ2) is 14.5. The van der Waals surface area contributed by atoms with Gasteiger partial charge in [0.1, 0.15) is 12.6 Å². The smallest absolute Gasteiger partial charge is 0.264 e. The summed E-state index contributed by atoms with van der Waals surface area (Å²) >= 11 is 3.48. The lowest BCUT2D eigenvalue weighted by Gasteiger charge is -2.32. The van der Waals surface area contributed by atoms with E-state index in [0.29, 0.717) is 11.4 Å². The van der Waals surface area contributed by atoms with Crippen LogP contribution in [-0.2, 0) is 26.2 Å². The number of hydrogen-bond donors (Lipinski definition) is 1. The molecule has 11 heteroatoms. The molecule has 9 nitrogen and oxygen atoms in total. The van der Waals surface area contributed by atoms with Crippen LogP contribution < -0.4 is 19.1 Å². The molecular formula is C33H40BrN3O6S. The fourth-order valence-electron chi connectivity index (χ4n) is 5.53. The number of benzene rings is 3. The lowest BCUT2D eigenvalue weighted by Crippen LogP contribution is -2.52. The Balaban J connectivity index is 1.75. The Bertz CT molecular complexity index is 1590. The first-order valence-electron chi connectivity index (χ1n) is 14.6. The fraction of sp³-hybridized carbons (Fsp3) is 0.394. The molecule has 1 N–H and O–H groups in total. The molecule has 0 bridgehead atoms. The van der Waals surface area contributed by atoms with E-state index in [9.17, 15) is 18.0 Å². The second-order valence-electron chi connectivity index (χ2n) is 11.2. The van der Waals surface area contributed by atoms with E-state index in [0.717, 1.165) is 51.2 Å². The van der Waals surface area contributed by atoms with Crippen molar-refractivity contribution in [2.24, 2.45) is 0 Å². The van der Waals surface area contributed by atoms with Gasteiger partial charge in [-0.05, 0) is 86.7 Å². The summed E-state index contributed by atoms with van der Waals surface area (Å²) in [5.74, 6) is -0.153. The summed E-state index contributed by atoms with van der Waals surface area (Å²) in [4.78, 5) is 29.1. The maximum atomic E-state index is 14.3. The van der Waals surface area contributed by atoms with Crippen molar-refractivity contribution >= 4 is 43.5 Å². The molecule has 0 radical (unpaired) electrons. The van der Waals surface area contributed by atoms with Crippen LogP contribution in [0.4, 0.5) is 5.69 Å². The predicted molar refractivity (Wildman–Crippen MR) is 175 cm³/mol. The highest BCUT2D eigenvalue weighted by Crippen LogP contribution is 2.33. The Labute approximate surface area is 268 Å². The first kappa shape index (κ1) is 33.3. The van der Waals surface area contributed by atoms with E-state index in [1.165, 1.54) is 37.3 Å². The molecule has 236 valence electrons. The number of carbonyl (C=O) groups excluding carboxylic acids is 2. The molecule has 1 aliphatic rings. The van der Waals surface area contributed by atoms with Crippen molar-refractivity contribution < 1.29 is 27.5 Å². The zero-order chi connectivity index (χ0) is 32.0. The summed E-state index contributed by atoms with van der Waals surface area (Å²) < 4.78 is 41.2. The quantitative estimate of drug-likeness (QED) is 0.260. The van der Waals surface area contributed by atoms with Crippen molar-refractivity contribution in [3.05, 3.63) is 81.8 Å². The monoisotopic (exact) mass is 685 g/mol. The van der Waals surface area contributed by atoms with Gasteiger partial charge in [-0.3, -0.25) is 13.9 Å². The molecule has 0 saturated heterocycles. The molecule has 1 fully saturated rings. The SMILES string of the molecule is COc1ccc(S(=O)(=O)N(CC(=O)N(Cc2cccc(Br)c2)[C@@H](C)C(=O)NC2CCCC2)c2cc(C)cc(C)c2)cc1OC. The number of methoxy groups -OCH3 is 2. The molecule has 2 amide bonds. The van der Waals surface area contributed by atoms with Gasteiger partial charge in [-0.25, -0.2) is 8.42 Å². The third-order valence-electron chi connectivity index (χ3n) is 7.83. The number of sulfonamides is 1. The highest BCUT2D eigenvalue weighted by atomic mass is 79.9. The fourth-order valence-corrected chi connectivity index (χ4v) is 7.39. The van der Waals surface area contributed by atoms with Gasteiger partial charge in [-0.2, -0.15) is 0 Å². The van der Waals surface area contributed by atoms with Crippen LogP contribution in [0.15, 0.2) is 70.0 Å². The summed E-state index contributed by atoms with van der Waals surface area (Å²) in [6, 6.07) is 16.4. The maximum Gasteiger partial charge on any atom is 0.264 e. The minimum Gasteiger partial charge on any atom is -0.493 e. The second-order valence-corrected chi connectivity index (χ2v) is 14.0. The molecule has 1 saturated carbocycles. The van der Waals surface area contributed by atoms with Gasteiger partial charge in [0, 0.05) is 23.1 Å². The molecule has 4 rings (SSSR count). The van der Waals surface area contributed by atoms with Crippen molar-refractivity contribution in [1.82, 2.24) is 10.2 Å². The van der Waals surface area contributed by atoms with E-state index < -0.39 is 28.5 Å². The van der Waals surface area contributed by atoms with Crippen molar-refractivity contribution in [3.63, 3.8) is 0 Å². The predicted octanol–water partition coefficient (Wildman–Crippen LogP) is 5.75. The zero-order valence-electron chi connectivity index (χ0n) is 25.8. The topological polar surface area (TPSA) is 105 Å². The van der Waals surface area contributed by atoms with E-state index in [1.54, 1.807) is 19.1 Å². The molecule has 3 aromatic rings. The van der Waals surface area contributed by atoms with Crippen LogP contribution in [0.25, 0.3) is 0 Å². The number of anilines is 1. The maximum absolute atomic E-state index is 14.3. The van der Waals surface area contributed by atoms with Crippen LogP contribution in [0.1, 0.15) is 49.3 Å². The molecule has 0 unspecified atom stereocenters. The number of halogens is 1. The summed E-state index contributed by atoms with van der Waals surface area (Å²) in [7, 11) is -1.38.